The van der Waals surface area contributed by atoms with Gasteiger partial charge in [0.25, 0.3) is 17.7 Å². The minimum absolute atomic E-state index is 0.122. The highest BCUT2D eigenvalue weighted by Crippen LogP contribution is 2.43. The van der Waals surface area contributed by atoms with E-state index in [4.69, 9.17) is 4.74 Å². The molecule has 0 spiro atoms. The zero-order chi connectivity index (χ0) is 30.3. The fourth-order valence-electron chi connectivity index (χ4n) is 5.89. The second-order valence-electron chi connectivity index (χ2n) is 10.7. The quantitative estimate of drug-likeness (QED) is 0.261. The highest BCUT2D eigenvalue weighted by molar-refractivity contribution is 7.10. The van der Waals surface area contributed by atoms with Gasteiger partial charge in [-0.05, 0) is 48.4 Å². The molecule has 42 heavy (non-hydrogen) atoms. The number of alkyl halides is 5. The van der Waals surface area contributed by atoms with Crippen LogP contribution < -0.4 is 4.74 Å². The van der Waals surface area contributed by atoms with Crippen LogP contribution in [0, 0.1) is 0 Å². The van der Waals surface area contributed by atoms with Crippen LogP contribution >= 0.6 is 22.7 Å². The first kappa shape index (κ1) is 30.4. The number of hydrogen-bond donors (Lipinski definition) is 0. The number of thiophene rings is 2. The number of fused-ring (bicyclic) bond motifs is 1. The molecule has 0 radical (unpaired) electrons. The van der Waals surface area contributed by atoms with Gasteiger partial charge < -0.3 is 14.5 Å². The molecular formula is C29H30F5N3O3S2. The van der Waals surface area contributed by atoms with Crippen molar-refractivity contribution >= 4 is 34.5 Å². The van der Waals surface area contributed by atoms with Crippen LogP contribution in [0.1, 0.15) is 70.9 Å². The number of nitrogens with zero attached hydrogens (tertiary/aromatic N) is 3. The van der Waals surface area contributed by atoms with E-state index in [-0.39, 0.29) is 31.6 Å². The van der Waals surface area contributed by atoms with Crippen molar-refractivity contribution in [2.24, 2.45) is 0 Å². The molecule has 0 aliphatic carbocycles. The summed E-state index contributed by atoms with van der Waals surface area (Å²) < 4.78 is 75.8. The molecule has 3 aromatic heterocycles. The van der Waals surface area contributed by atoms with E-state index in [1.807, 2.05) is 18.4 Å². The Morgan fingerprint density at radius 3 is 2.64 bits per heavy atom. The van der Waals surface area contributed by atoms with Crippen molar-refractivity contribution < 1.29 is 36.3 Å². The maximum atomic E-state index is 14.5. The number of likely N-dealkylation sites (tertiary alicyclic amines) is 1. The molecule has 6 nitrogen and oxygen atoms in total. The largest absolute Gasteiger partial charge is 0.474 e. The van der Waals surface area contributed by atoms with Gasteiger partial charge in [-0.2, -0.15) is 13.2 Å². The third-order valence-corrected chi connectivity index (χ3v) is 9.76. The van der Waals surface area contributed by atoms with E-state index in [0.29, 0.717) is 44.2 Å². The van der Waals surface area contributed by atoms with E-state index in [9.17, 15) is 31.5 Å². The van der Waals surface area contributed by atoms with Crippen LogP contribution in [-0.2, 0) is 29.9 Å². The summed E-state index contributed by atoms with van der Waals surface area (Å²) in [5, 5.41) is 3.16. The Balaban J connectivity index is 1.58. The molecule has 1 fully saturated rings. The molecule has 226 valence electrons. The van der Waals surface area contributed by atoms with Gasteiger partial charge in [0.05, 0.1) is 11.6 Å². The second kappa shape index (κ2) is 11.6. The van der Waals surface area contributed by atoms with Crippen molar-refractivity contribution in [2.75, 3.05) is 13.1 Å². The fraction of sp³-hybridized carbons (Fsp3) is 0.483. The van der Waals surface area contributed by atoms with Gasteiger partial charge in [0.15, 0.2) is 0 Å². The fourth-order valence-corrected chi connectivity index (χ4v) is 7.46. The summed E-state index contributed by atoms with van der Waals surface area (Å²) >= 11 is 2.06. The molecule has 2 atom stereocenters. The van der Waals surface area contributed by atoms with E-state index >= 15 is 0 Å². The number of carbonyl (C=O) groups excluding carboxylic acids is 2. The SMILES string of the molecule is CCC[C@H]1N(C(=O)c2ncccc2C(C)(F)F)CCC[C@@]1(Oc1csc(C(F)(F)F)c1)C(=O)N1CCc2sccc2C1. The summed E-state index contributed by atoms with van der Waals surface area (Å²) in [6.07, 6.45) is -1.54. The van der Waals surface area contributed by atoms with Crippen LogP contribution in [0.25, 0.3) is 0 Å². The molecule has 0 N–H and O–H groups in total. The summed E-state index contributed by atoms with van der Waals surface area (Å²) in [7, 11) is 0. The topological polar surface area (TPSA) is 62.7 Å². The molecule has 0 bridgehead atoms. The van der Waals surface area contributed by atoms with Gasteiger partial charge in [0.1, 0.15) is 16.3 Å². The lowest BCUT2D eigenvalue weighted by Crippen LogP contribution is -2.68. The van der Waals surface area contributed by atoms with Crippen molar-refractivity contribution in [3.05, 3.63) is 67.8 Å². The van der Waals surface area contributed by atoms with Gasteiger partial charge in [-0.3, -0.25) is 14.6 Å². The Hall–Kier alpha value is -3.06. The summed E-state index contributed by atoms with van der Waals surface area (Å²) in [5.41, 5.74) is -1.71. The highest BCUT2D eigenvalue weighted by Gasteiger charge is 2.56. The lowest BCUT2D eigenvalue weighted by atomic mass is 9.79. The number of hydrogen-bond acceptors (Lipinski definition) is 6. The average Bonchev–Trinajstić information content (AvgIpc) is 3.62. The van der Waals surface area contributed by atoms with E-state index in [1.165, 1.54) is 22.5 Å². The van der Waals surface area contributed by atoms with Crippen molar-refractivity contribution in [3.63, 3.8) is 0 Å². The smallest absolute Gasteiger partial charge is 0.425 e. The van der Waals surface area contributed by atoms with Crippen molar-refractivity contribution in [1.82, 2.24) is 14.8 Å². The minimum atomic E-state index is -4.59. The Morgan fingerprint density at radius 1 is 1.17 bits per heavy atom. The van der Waals surface area contributed by atoms with Crippen LogP contribution in [0.2, 0.25) is 0 Å². The third kappa shape index (κ3) is 5.77. The van der Waals surface area contributed by atoms with Gasteiger partial charge in [-0.25, -0.2) is 8.78 Å². The lowest BCUT2D eigenvalue weighted by molar-refractivity contribution is -0.160. The van der Waals surface area contributed by atoms with Gasteiger partial charge in [-0.1, -0.05) is 13.3 Å². The standard InChI is InChI=1S/C29H30F5N3O3S2/c1-3-6-22-28(40-19-15-23(42-17-19)29(32,33)34,26(39)36-13-8-21-18(16-36)9-14-41-21)10-5-12-37(22)25(38)24-20(27(2,30)31)7-4-11-35-24/h4,7,9,11,14-15,17,22H,3,5-6,8,10,12-13,16H2,1-2H3/t22-,28+/m1/s1. The molecule has 2 amide bonds. The molecule has 0 aromatic carbocycles. The molecule has 3 aromatic rings. The Labute approximate surface area is 248 Å². The maximum Gasteiger partial charge on any atom is 0.425 e. The number of halogens is 5. The maximum absolute atomic E-state index is 14.5. The number of carbonyl (C=O) groups is 2. The number of amides is 2. The number of aromatic nitrogens is 1. The van der Waals surface area contributed by atoms with Crippen LogP contribution in [0.4, 0.5) is 22.0 Å². The van der Waals surface area contributed by atoms with Crippen LogP contribution in [0.3, 0.4) is 0 Å². The Bertz CT molecular complexity index is 1450. The van der Waals surface area contributed by atoms with Gasteiger partial charge in [-0.15, -0.1) is 22.7 Å². The van der Waals surface area contributed by atoms with Crippen molar-refractivity contribution in [1.29, 1.82) is 0 Å². The van der Waals surface area contributed by atoms with Gasteiger partial charge >= 0.3 is 6.18 Å². The summed E-state index contributed by atoms with van der Waals surface area (Å²) in [5.74, 6) is -4.68. The first-order valence-corrected chi connectivity index (χ1v) is 15.4. The molecular weight excluding hydrogens is 597 g/mol. The van der Waals surface area contributed by atoms with Gasteiger partial charge in [0, 0.05) is 55.5 Å². The number of piperidine rings is 1. The average molecular weight is 628 g/mol. The zero-order valence-corrected chi connectivity index (χ0v) is 24.7. The first-order chi connectivity index (χ1) is 19.8. The predicted octanol–water partition coefficient (Wildman–Crippen LogP) is 7.14. The first-order valence-electron chi connectivity index (χ1n) is 13.7. The van der Waals surface area contributed by atoms with E-state index < -0.39 is 51.7 Å². The second-order valence-corrected chi connectivity index (χ2v) is 12.6. The van der Waals surface area contributed by atoms with E-state index in [2.05, 4.69) is 4.98 Å². The van der Waals surface area contributed by atoms with E-state index in [1.54, 1.807) is 16.2 Å². The normalized spacial score (nSPS) is 21.3. The minimum Gasteiger partial charge on any atom is -0.474 e. The number of ether oxygens (including phenoxy) is 1. The molecule has 5 rings (SSSR count). The zero-order valence-electron chi connectivity index (χ0n) is 23.0. The summed E-state index contributed by atoms with van der Waals surface area (Å²) in [6, 6.07) is 4.34. The Kier molecular flexibility index (Phi) is 8.36. The third-order valence-electron chi connectivity index (χ3n) is 7.78. The van der Waals surface area contributed by atoms with Crippen LogP contribution in [0.5, 0.6) is 5.75 Å². The molecule has 0 saturated carbocycles. The number of pyridine rings is 1. The van der Waals surface area contributed by atoms with Crippen LogP contribution in [-0.4, -0.2) is 51.3 Å². The molecule has 5 heterocycles. The predicted molar refractivity (Wildman–Crippen MR) is 149 cm³/mol. The lowest BCUT2D eigenvalue weighted by Gasteiger charge is -2.50. The highest BCUT2D eigenvalue weighted by atomic mass is 32.1. The van der Waals surface area contributed by atoms with Crippen LogP contribution in [0.15, 0.2) is 41.2 Å². The molecule has 2 aliphatic heterocycles. The molecule has 13 heteroatoms. The molecule has 2 aliphatic rings. The monoisotopic (exact) mass is 627 g/mol. The Morgan fingerprint density at radius 2 is 1.95 bits per heavy atom. The molecule has 0 unspecified atom stereocenters. The van der Waals surface area contributed by atoms with Crippen molar-refractivity contribution in [3.8, 4) is 5.75 Å². The summed E-state index contributed by atoms with van der Waals surface area (Å²) in [6.45, 7) is 3.37. The molecule has 1 saturated heterocycles. The van der Waals surface area contributed by atoms with Gasteiger partial charge in [0.2, 0.25) is 5.60 Å². The van der Waals surface area contributed by atoms with Crippen molar-refractivity contribution in [2.45, 2.75) is 76.2 Å². The van der Waals surface area contributed by atoms with E-state index in [0.717, 1.165) is 22.6 Å². The number of rotatable bonds is 7. The summed E-state index contributed by atoms with van der Waals surface area (Å²) in [4.78, 5) is 35.8.